The molecule has 0 saturated carbocycles. The number of carboxylic acid groups (broad SMARTS) is 2. The predicted octanol–water partition coefficient (Wildman–Crippen LogP) is 1.18. The van der Waals surface area contributed by atoms with Gasteiger partial charge < -0.3 is 15.1 Å². The van der Waals surface area contributed by atoms with E-state index in [1.54, 1.807) is 0 Å². The highest BCUT2D eigenvalue weighted by molar-refractivity contribution is 5.83. The highest BCUT2D eigenvalue weighted by Crippen LogP contribution is 2.18. The summed E-state index contributed by atoms with van der Waals surface area (Å²) in [5.74, 6) is -2.11. The molecule has 1 aromatic carbocycles. The summed E-state index contributed by atoms with van der Waals surface area (Å²) in [6, 6.07) is 7.14. The monoisotopic (exact) mass is 349 g/mol. The van der Waals surface area contributed by atoms with Crippen molar-refractivity contribution >= 4 is 18.0 Å². The van der Waals surface area contributed by atoms with Gasteiger partial charge in [0.05, 0.1) is 0 Å². The van der Waals surface area contributed by atoms with Gasteiger partial charge in [-0.25, -0.2) is 15.0 Å². The van der Waals surface area contributed by atoms with Gasteiger partial charge in [0.1, 0.15) is 12.1 Å². The lowest BCUT2D eigenvalue weighted by Crippen LogP contribution is -2.55. The molecule has 1 aliphatic heterocycles. The van der Waals surface area contributed by atoms with E-state index < -0.39 is 30.1 Å². The largest absolute Gasteiger partial charge is 0.480 e. The molecular formula is C17H23N3O5. The number of hydrogen-bond acceptors (Lipinski definition) is 4. The van der Waals surface area contributed by atoms with Crippen LogP contribution in [0.3, 0.4) is 0 Å². The molecule has 8 heteroatoms. The Balaban J connectivity index is 1.95. The summed E-state index contributed by atoms with van der Waals surface area (Å²) >= 11 is 0. The van der Waals surface area contributed by atoms with Crippen molar-refractivity contribution in [2.45, 2.75) is 37.8 Å². The number of hydrogen-bond donors (Lipinski definition) is 3. The molecule has 0 radical (unpaired) electrons. The minimum atomic E-state index is -1.06. The van der Waals surface area contributed by atoms with Gasteiger partial charge in [0.15, 0.2) is 0 Å². The van der Waals surface area contributed by atoms with Crippen LogP contribution in [-0.4, -0.2) is 63.8 Å². The molecule has 0 aliphatic carbocycles. The Bertz CT molecular complexity index is 622. The Kier molecular flexibility index (Phi) is 6.35. The molecule has 1 aliphatic rings. The van der Waals surface area contributed by atoms with Crippen molar-refractivity contribution in [1.82, 2.24) is 15.3 Å². The van der Waals surface area contributed by atoms with Crippen molar-refractivity contribution in [3.8, 4) is 0 Å². The van der Waals surface area contributed by atoms with Crippen molar-refractivity contribution in [3.05, 3.63) is 35.9 Å². The number of amides is 2. The second-order valence-electron chi connectivity index (χ2n) is 6.08. The van der Waals surface area contributed by atoms with Gasteiger partial charge in [-0.3, -0.25) is 9.80 Å². The highest BCUT2D eigenvalue weighted by atomic mass is 16.4. The number of likely N-dealkylation sites (tertiary alicyclic amines) is 1. The Hall–Kier alpha value is -2.61. The molecular weight excluding hydrogens is 326 g/mol. The molecule has 8 nitrogen and oxygen atoms in total. The van der Waals surface area contributed by atoms with Crippen LogP contribution in [0.25, 0.3) is 0 Å². The summed E-state index contributed by atoms with van der Waals surface area (Å²) in [5, 5.41) is 19.6. The van der Waals surface area contributed by atoms with Crippen molar-refractivity contribution in [2.75, 3.05) is 13.6 Å². The third-order valence-electron chi connectivity index (χ3n) is 4.28. The van der Waals surface area contributed by atoms with E-state index in [4.69, 9.17) is 5.11 Å². The lowest BCUT2D eigenvalue weighted by molar-refractivity contribution is -0.143. The molecule has 2 amide bonds. The second-order valence-corrected chi connectivity index (χ2v) is 6.08. The fraction of sp³-hybridized carbons (Fsp3) is 0.471. The molecule has 1 heterocycles. The van der Waals surface area contributed by atoms with Crippen LogP contribution < -0.4 is 5.43 Å². The molecule has 1 aromatic rings. The zero-order valence-corrected chi connectivity index (χ0v) is 14.1. The van der Waals surface area contributed by atoms with Gasteiger partial charge in [-0.2, -0.15) is 0 Å². The SMILES string of the molecule is CN(NC(CCc1ccccc1)C(=O)O)C(=O)N1CCCC1C(=O)O. The molecule has 1 fully saturated rings. The van der Waals surface area contributed by atoms with Gasteiger partial charge in [0, 0.05) is 13.6 Å². The number of carbonyl (C=O) groups is 3. The molecule has 0 aromatic heterocycles. The van der Waals surface area contributed by atoms with E-state index in [2.05, 4.69) is 5.43 Å². The van der Waals surface area contributed by atoms with Gasteiger partial charge in [0.2, 0.25) is 0 Å². The average molecular weight is 349 g/mol. The molecule has 1 saturated heterocycles. The number of aliphatic carboxylic acids is 2. The lowest BCUT2D eigenvalue weighted by atomic mass is 10.1. The molecule has 0 bridgehead atoms. The van der Waals surface area contributed by atoms with E-state index in [0.717, 1.165) is 10.6 Å². The van der Waals surface area contributed by atoms with Crippen molar-refractivity contribution < 1.29 is 24.6 Å². The summed E-state index contributed by atoms with van der Waals surface area (Å²) in [7, 11) is 1.41. The fourth-order valence-electron chi connectivity index (χ4n) is 2.93. The van der Waals surface area contributed by atoms with Crippen LogP contribution in [0.4, 0.5) is 4.79 Å². The van der Waals surface area contributed by atoms with Gasteiger partial charge in [-0.15, -0.1) is 0 Å². The van der Waals surface area contributed by atoms with Gasteiger partial charge in [-0.1, -0.05) is 30.3 Å². The maximum Gasteiger partial charge on any atom is 0.334 e. The Morgan fingerprint density at radius 3 is 2.56 bits per heavy atom. The van der Waals surface area contributed by atoms with Crippen LogP contribution in [0, 0.1) is 0 Å². The van der Waals surface area contributed by atoms with Gasteiger partial charge in [-0.05, 0) is 31.2 Å². The second kappa shape index (κ2) is 8.48. The molecule has 0 spiro atoms. The summed E-state index contributed by atoms with van der Waals surface area (Å²) in [5.41, 5.74) is 3.68. The minimum absolute atomic E-state index is 0.305. The zero-order valence-electron chi connectivity index (χ0n) is 14.1. The topological polar surface area (TPSA) is 110 Å². The molecule has 3 N–H and O–H groups in total. The van der Waals surface area contributed by atoms with Gasteiger partial charge in [0.25, 0.3) is 0 Å². The van der Waals surface area contributed by atoms with Gasteiger partial charge >= 0.3 is 18.0 Å². The minimum Gasteiger partial charge on any atom is -0.480 e. The van der Waals surface area contributed by atoms with E-state index in [0.29, 0.717) is 32.2 Å². The van der Waals surface area contributed by atoms with Crippen LogP contribution in [0.15, 0.2) is 30.3 Å². The Morgan fingerprint density at radius 2 is 1.96 bits per heavy atom. The number of hydrazine groups is 1. The fourth-order valence-corrected chi connectivity index (χ4v) is 2.93. The van der Waals surface area contributed by atoms with E-state index in [-0.39, 0.29) is 0 Å². The Morgan fingerprint density at radius 1 is 1.28 bits per heavy atom. The molecule has 2 rings (SSSR count). The first-order chi connectivity index (χ1) is 11.9. The van der Waals surface area contributed by atoms with Crippen LogP contribution in [0.1, 0.15) is 24.8 Å². The quantitative estimate of drug-likeness (QED) is 0.638. The number of nitrogens with zero attached hydrogens (tertiary/aromatic N) is 2. The highest BCUT2D eigenvalue weighted by Gasteiger charge is 2.36. The maximum atomic E-state index is 12.4. The zero-order chi connectivity index (χ0) is 18.4. The van der Waals surface area contributed by atoms with E-state index >= 15 is 0 Å². The number of rotatable bonds is 7. The first kappa shape index (κ1) is 18.7. The van der Waals surface area contributed by atoms with E-state index in [9.17, 15) is 19.5 Å². The van der Waals surface area contributed by atoms with Crippen LogP contribution in [-0.2, 0) is 16.0 Å². The molecule has 2 unspecified atom stereocenters. The van der Waals surface area contributed by atoms with Crippen LogP contribution in [0.5, 0.6) is 0 Å². The summed E-state index contributed by atoms with van der Waals surface area (Å²) in [4.78, 5) is 36.3. The first-order valence-electron chi connectivity index (χ1n) is 8.20. The summed E-state index contributed by atoms with van der Waals surface area (Å²) in [6.45, 7) is 0.351. The van der Waals surface area contributed by atoms with Crippen molar-refractivity contribution in [1.29, 1.82) is 0 Å². The molecule has 136 valence electrons. The Labute approximate surface area is 146 Å². The number of benzene rings is 1. The number of aryl methyl sites for hydroxylation is 1. The van der Waals surface area contributed by atoms with E-state index in [1.165, 1.54) is 11.9 Å². The van der Waals surface area contributed by atoms with Crippen LogP contribution >= 0.6 is 0 Å². The third-order valence-corrected chi connectivity index (χ3v) is 4.28. The number of carboxylic acids is 2. The number of urea groups is 1. The van der Waals surface area contributed by atoms with Crippen molar-refractivity contribution in [2.24, 2.45) is 0 Å². The third kappa shape index (κ3) is 4.93. The maximum absolute atomic E-state index is 12.4. The lowest BCUT2D eigenvalue weighted by Gasteiger charge is -2.29. The molecule has 25 heavy (non-hydrogen) atoms. The number of nitrogens with one attached hydrogen (secondary N) is 1. The summed E-state index contributed by atoms with van der Waals surface area (Å²) in [6.07, 6.45) is 1.88. The van der Waals surface area contributed by atoms with E-state index in [1.807, 2.05) is 30.3 Å². The summed E-state index contributed by atoms with van der Waals surface area (Å²) < 4.78 is 0. The number of carbonyl (C=O) groups excluding carboxylic acids is 1. The molecule has 2 atom stereocenters. The van der Waals surface area contributed by atoms with Crippen LogP contribution in [0.2, 0.25) is 0 Å². The smallest absolute Gasteiger partial charge is 0.334 e. The standard InChI is InChI=1S/C17H23N3O5/c1-19(17(25)20-11-5-8-14(20)16(23)24)18-13(15(21)22)10-9-12-6-3-2-4-7-12/h2-4,6-7,13-14,18H,5,8-11H2,1H3,(H,21,22)(H,23,24). The van der Waals surface area contributed by atoms with Crippen molar-refractivity contribution in [3.63, 3.8) is 0 Å². The average Bonchev–Trinajstić information content (AvgIpc) is 3.08. The first-order valence-corrected chi connectivity index (χ1v) is 8.20. The predicted molar refractivity (Wildman–Crippen MR) is 89.8 cm³/mol. The normalized spacial score (nSPS) is 18.0.